The summed E-state index contributed by atoms with van der Waals surface area (Å²) in [6.07, 6.45) is 4.58. The van der Waals surface area contributed by atoms with Crippen LogP contribution in [0.1, 0.15) is 47.4 Å². The summed E-state index contributed by atoms with van der Waals surface area (Å²) in [5.74, 6) is 0.160. The van der Waals surface area contributed by atoms with Crippen LogP contribution in [0.5, 0.6) is 0 Å². The van der Waals surface area contributed by atoms with Crippen LogP contribution in [0.15, 0.2) is 60.8 Å². The molecule has 0 bridgehead atoms. The number of aromatic amines is 1. The lowest BCUT2D eigenvalue weighted by atomic mass is 9.78. The highest BCUT2D eigenvalue weighted by Crippen LogP contribution is 2.33. The van der Waals surface area contributed by atoms with Gasteiger partial charge in [0.25, 0.3) is 5.91 Å². The van der Waals surface area contributed by atoms with Crippen molar-refractivity contribution >= 4 is 22.5 Å². The third kappa shape index (κ3) is 4.58. The molecule has 0 radical (unpaired) electrons. The number of hydrogen-bond donors (Lipinski definition) is 3. The van der Waals surface area contributed by atoms with Gasteiger partial charge in [0.1, 0.15) is 17.3 Å². The summed E-state index contributed by atoms with van der Waals surface area (Å²) in [4.78, 5) is 17.6. The van der Waals surface area contributed by atoms with E-state index < -0.39 is 5.60 Å². The number of benzene rings is 2. The van der Waals surface area contributed by atoms with E-state index in [1.54, 1.807) is 28.8 Å². The number of halogens is 1. The number of fused-ring (bicyclic) bond motifs is 2. The SMILES string of the molecule is Cc1nc2ccc(-c3n[nH]c4ccc(C(=O)N[C@@H]5CCC[C@](O)(Cc6ccccc6F)C5)cc34)cn2n1. The summed E-state index contributed by atoms with van der Waals surface area (Å²) in [5.41, 5.74) is 3.09. The van der Waals surface area contributed by atoms with E-state index in [2.05, 4.69) is 25.6 Å². The van der Waals surface area contributed by atoms with Crippen LogP contribution in [-0.4, -0.2) is 47.5 Å². The molecule has 3 heterocycles. The van der Waals surface area contributed by atoms with Crippen LogP contribution >= 0.6 is 0 Å². The maximum atomic E-state index is 14.2. The first-order valence-electron chi connectivity index (χ1n) is 12.5. The van der Waals surface area contributed by atoms with Gasteiger partial charge in [-0.15, -0.1) is 0 Å². The fraction of sp³-hybridized carbons (Fsp3) is 0.286. The Morgan fingerprint density at radius 3 is 2.97 bits per heavy atom. The van der Waals surface area contributed by atoms with Crippen molar-refractivity contribution in [3.8, 4) is 11.3 Å². The number of carbonyl (C=O) groups excluding carboxylic acids is 1. The largest absolute Gasteiger partial charge is 0.389 e. The molecule has 0 unspecified atom stereocenters. The van der Waals surface area contributed by atoms with Crippen LogP contribution < -0.4 is 5.32 Å². The quantitative estimate of drug-likeness (QED) is 0.334. The molecule has 2 atom stereocenters. The molecule has 1 amide bonds. The van der Waals surface area contributed by atoms with Crippen molar-refractivity contribution < 1.29 is 14.3 Å². The zero-order chi connectivity index (χ0) is 25.6. The zero-order valence-electron chi connectivity index (χ0n) is 20.4. The number of rotatable bonds is 5. The van der Waals surface area contributed by atoms with Gasteiger partial charge in [-0.3, -0.25) is 9.89 Å². The van der Waals surface area contributed by atoms with Crippen molar-refractivity contribution in [2.45, 2.75) is 50.7 Å². The van der Waals surface area contributed by atoms with Crippen molar-refractivity contribution in [3.63, 3.8) is 0 Å². The fourth-order valence-electron chi connectivity index (χ4n) is 5.40. The second-order valence-electron chi connectivity index (χ2n) is 9.97. The molecule has 0 spiro atoms. The van der Waals surface area contributed by atoms with E-state index in [9.17, 15) is 14.3 Å². The number of hydrogen-bond acceptors (Lipinski definition) is 5. The van der Waals surface area contributed by atoms with Gasteiger partial charge in [-0.1, -0.05) is 18.2 Å². The van der Waals surface area contributed by atoms with Crippen molar-refractivity contribution in [2.24, 2.45) is 0 Å². The number of H-pyrrole nitrogens is 1. The normalized spacial score (nSPS) is 19.9. The van der Waals surface area contributed by atoms with Gasteiger partial charge in [0.2, 0.25) is 0 Å². The second-order valence-corrected chi connectivity index (χ2v) is 9.97. The Labute approximate surface area is 212 Å². The third-order valence-electron chi connectivity index (χ3n) is 7.17. The first kappa shape index (κ1) is 23.3. The van der Waals surface area contributed by atoms with Gasteiger partial charge in [0, 0.05) is 35.2 Å². The number of aliphatic hydroxyl groups is 1. The second kappa shape index (κ2) is 9.08. The van der Waals surface area contributed by atoms with E-state index in [1.165, 1.54) is 6.07 Å². The lowest BCUT2D eigenvalue weighted by Crippen LogP contribution is -2.46. The highest BCUT2D eigenvalue weighted by Gasteiger charge is 2.35. The first-order chi connectivity index (χ1) is 17.9. The molecule has 6 rings (SSSR count). The molecule has 0 saturated heterocycles. The highest BCUT2D eigenvalue weighted by atomic mass is 19.1. The fourth-order valence-corrected chi connectivity index (χ4v) is 5.40. The van der Waals surface area contributed by atoms with E-state index in [-0.39, 0.29) is 24.2 Å². The van der Waals surface area contributed by atoms with Gasteiger partial charge in [0.05, 0.1) is 11.1 Å². The predicted octanol–water partition coefficient (Wildman–Crippen LogP) is 4.37. The minimum atomic E-state index is -1.06. The van der Waals surface area contributed by atoms with E-state index in [4.69, 9.17) is 0 Å². The highest BCUT2D eigenvalue weighted by molar-refractivity contribution is 6.01. The summed E-state index contributed by atoms with van der Waals surface area (Å²) in [7, 11) is 0. The summed E-state index contributed by atoms with van der Waals surface area (Å²) < 4.78 is 15.9. The summed E-state index contributed by atoms with van der Waals surface area (Å²) in [6.45, 7) is 1.84. The third-order valence-corrected chi connectivity index (χ3v) is 7.17. The first-order valence-corrected chi connectivity index (χ1v) is 12.5. The molecule has 3 N–H and O–H groups in total. The summed E-state index contributed by atoms with van der Waals surface area (Å²) in [6, 6.07) is 15.6. The van der Waals surface area contributed by atoms with Gasteiger partial charge in [-0.25, -0.2) is 13.9 Å². The Morgan fingerprint density at radius 1 is 1.24 bits per heavy atom. The minimum Gasteiger partial charge on any atom is -0.389 e. The summed E-state index contributed by atoms with van der Waals surface area (Å²) >= 11 is 0. The lowest BCUT2D eigenvalue weighted by Gasteiger charge is -2.37. The lowest BCUT2D eigenvalue weighted by molar-refractivity contribution is -0.00685. The molecule has 37 heavy (non-hydrogen) atoms. The Hall–Kier alpha value is -4.11. The molecular formula is C28H27FN6O2. The molecule has 1 aliphatic carbocycles. The van der Waals surface area contributed by atoms with Crippen LogP contribution in [-0.2, 0) is 6.42 Å². The van der Waals surface area contributed by atoms with Crippen LogP contribution in [0.2, 0.25) is 0 Å². The van der Waals surface area contributed by atoms with E-state index in [0.29, 0.717) is 29.8 Å². The Bertz CT molecular complexity index is 1630. The van der Waals surface area contributed by atoms with Gasteiger partial charge in [-0.2, -0.15) is 10.2 Å². The molecule has 9 heteroatoms. The van der Waals surface area contributed by atoms with E-state index in [0.717, 1.165) is 40.6 Å². The molecule has 188 valence electrons. The Morgan fingerprint density at radius 2 is 2.11 bits per heavy atom. The van der Waals surface area contributed by atoms with E-state index >= 15 is 0 Å². The summed E-state index contributed by atoms with van der Waals surface area (Å²) in [5, 5.41) is 27.0. The van der Waals surface area contributed by atoms with E-state index in [1.807, 2.05) is 37.4 Å². The van der Waals surface area contributed by atoms with Crippen molar-refractivity contribution in [1.29, 1.82) is 0 Å². The topological polar surface area (TPSA) is 108 Å². The molecule has 2 aromatic carbocycles. The maximum Gasteiger partial charge on any atom is 0.251 e. The zero-order valence-corrected chi connectivity index (χ0v) is 20.4. The van der Waals surface area contributed by atoms with Crippen molar-refractivity contribution in [3.05, 3.63) is 83.6 Å². The van der Waals surface area contributed by atoms with Gasteiger partial charge >= 0.3 is 0 Å². The Balaban J connectivity index is 1.21. The standard InChI is InChI=1S/C28H27FN6O2/c1-17-30-25-11-9-20(16-35(25)34-17)26-22-13-18(8-10-24(22)32-33-26)27(36)31-21-6-4-12-28(37,15-21)14-19-5-2-3-7-23(19)29/h2-3,5,7-11,13,16,21,37H,4,6,12,14-15H2,1H3,(H,31,36)(H,32,33)/t21-,28+/m1/s1. The number of carbonyl (C=O) groups is 1. The predicted molar refractivity (Wildman–Crippen MR) is 138 cm³/mol. The van der Waals surface area contributed by atoms with Crippen LogP contribution in [0.3, 0.4) is 0 Å². The van der Waals surface area contributed by atoms with Crippen molar-refractivity contribution in [2.75, 3.05) is 0 Å². The number of nitrogens with zero attached hydrogens (tertiary/aromatic N) is 4. The average molecular weight is 499 g/mol. The molecule has 5 aromatic rings. The molecule has 1 fully saturated rings. The number of aromatic nitrogens is 5. The van der Waals surface area contributed by atoms with Crippen LogP contribution in [0, 0.1) is 12.7 Å². The average Bonchev–Trinajstić information content (AvgIpc) is 3.46. The van der Waals surface area contributed by atoms with Crippen molar-refractivity contribution in [1.82, 2.24) is 30.1 Å². The number of pyridine rings is 1. The molecule has 3 aromatic heterocycles. The smallest absolute Gasteiger partial charge is 0.251 e. The van der Waals surface area contributed by atoms with Crippen LogP contribution in [0.4, 0.5) is 4.39 Å². The number of aryl methyl sites for hydroxylation is 1. The minimum absolute atomic E-state index is 0.199. The maximum absolute atomic E-state index is 14.2. The molecular weight excluding hydrogens is 471 g/mol. The van der Waals surface area contributed by atoms with Gasteiger partial charge in [0.15, 0.2) is 5.65 Å². The molecule has 0 aliphatic heterocycles. The number of amides is 1. The molecule has 1 aliphatic rings. The molecule has 1 saturated carbocycles. The van der Waals surface area contributed by atoms with Gasteiger partial charge in [-0.05, 0) is 74.6 Å². The van der Waals surface area contributed by atoms with Gasteiger partial charge < -0.3 is 10.4 Å². The Kier molecular flexibility index (Phi) is 5.72. The molecule has 8 nitrogen and oxygen atoms in total. The monoisotopic (exact) mass is 498 g/mol. The van der Waals surface area contributed by atoms with Crippen LogP contribution in [0.25, 0.3) is 27.8 Å². The number of nitrogens with one attached hydrogen (secondary N) is 2.